The summed E-state index contributed by atoms with van der Waals surface area (Å²) in [6.07, 6.45) is 4.05. The van der Waals surface area contributed by atoms with Crippen molar-refractivity contribution < 1.29 is 4.42 Å². The number of para-hydroxylation sites is 1. The topological polar surface area (TPSA) is 54.0 Å². The Kier molecular flexibility index (Phi) is 2.34. The average Bonchev–Trinajstić information content (AvgIpc) is 2.29. The number of rotatable bonds is 1. The lowest BCUT2D eigenvalue weighted by Gasteiger charge is -1.96. The van der Waals surface area contributed by atoms with Gasteiger partial charge in [-0.2, -0.15) is 5.26 Å². The number of allylic oxidation sites excluding steroid dienone is 1. The van der Waals surface area contributed by atoms with Crippen molar-refractivity contribution in [1.29, 1.82) is 5.26 Å². The first-order valence-electron chi connectivity index (χ1n) is 4.39. The highest BCUT2D eigenvalue weighted by molar-refractivity contribution is 5.78. The molecule has 3 heteroatoms. The van der Waals surface area contributed by atoms with Crippen LogP contribution in [0.15, 0.2) is 45.8 Å². The van der Waals surface area contributed by atoms with Crippen molar-refractivity contribution in [2.45, 2.75) is 0 Å². The van der Waals surface area contributed by atoms with Crippen LogP contribution in [0.4, 0.5) is 0 Å². The van der Waals surface area contributed by atoms with Crippen LogP contribution in [0.2, 0.25) is 0 Å². The highest BCUT2D eigenvalue weighted by Crippen LogP contribution is 2.10. The van der Waals surface area contributed by atoms with E-state index in [1.807, 2.05) is 6.07 Å². The second-order valence-corrected chi connectivity index (χ2v) is 2.98. The maximum Gasteiger partial charge on any atom is 0.199 e. The molecular formula is C12H7NO2. The van der Waals surface area contributed by atoms with E-state index in [2.05, 4.69) is 0 Å². The smallest absolute Gasteiger partial charge is 0.199 e. The fourth-order valence-corrected chi connectivity index (χ4v) is 1.34. The predicted molar refractivity (Wildman–Crippen MR) is 57.1 cm³/mol. The molecule has 15 heavy (non-hydrogen) atoms. The standard InChI is InChI=1S/C12H7NO2/c13-7-3-4-9-8-15-11-6-2-1-5-10(11)12(9)14/h1-6,8H. The molecule has 0 saturated carbocycles. The summed E-state index contributed by atoms with van der Waals surface area (Å²) in [4.78, 5) is 11.8. The van der Waals surface area contributed by atoms with Gasteiger partial charge in [0, 0.05) is 6.08 Å². The van der Waals surface area contributed by atoms with E-state index in [4.69, 9.17) is 9.68 Å². The molecule has 1 aromatic heterocycles. The second-order valence-electron chi connectivity index (χ2n) is 2.98. The fourth-order valence-electron chi connectivity index (χ4n) is 1.34. The summed E-state index contributed by atoms with van der Waals surface area (Å²) in [5.41, 5.74) is 0.815. The Labute approximate surface area is 85.9 Å². The molecule has 0 radical (unpaired) electrons. The van der Waals surface area contributed by atoms with E-state index in [9.17, 15) is 4.79 Å². The van der Waals surface area contributed by atoms with Crippen molar-refractivity contribution >= 4 is 17.0 Å². The van der Waals surface area contributed by atoms with Gasteiger partial charge in [-0.25, -0.2) is 0 Å². The van der Waals surface area contributed by atoms with E-state index in [0.29, 0.717) is 16.5 Å². The van der Waals surface area contributed by atoms with Crippen molar-refractivity contribution in [3.05, 3.63) is 52.4 Å². The number of hydrogen-bond acceptors (Lipinski definition) is 3. The van der Waals surface area contributed by atoms with Crippen molar-refractivity contribution in [1.82, 2.24) is 0 Å². The molecule has 1 aromatic carbocycles. The van der Waals surface area contributed by atoms with Gasteiger partial charge in [0.1, 0.15) is 11.8 Å². The SMILES string of the molecule is N#CC=Cc1coc2ccccc2c1=O. The van der Waals surface area contributed by atoms with Gasteiger partial charge in [-0.1, -0.05) is 12.1 Å². The first-order valence-corrected chi connectivity index (χ1v) is 4.39. The van der Waals surface area contributed by atoms with Crippen molar-refractivity contribution in [2.75, 3.05) is 0 Å². The quantitative estimate of drug-likeness (QED) is 0.659. The van der Waals surface area contributed by atoms with Crippen LogP contribution in [0.25, 0.3) is 17.0 Å². The number of fused-ring (bicyclic) bond motifs is 1. The van der Waals surface area contributed by atoms with Gasteiger partial charge in [0.15, 0.2) is 5.43 Å². The molecule has 0 aliphatic carbocycles. The Morgan fingerprint density at radius 3 is 2.93 bits per heavy atom. The molecule has 3 nitrogen and oxygen atoms in total. The van der Waals surface area contributed by atoms with Gasteiger partial charge in [-0.3, -0.25) is 4.79 Å². The first kappa shape index (κ1) is 9.22. The summed E-state index contributed by atoms with van der Waals surface area (Å²) >= 11 is 0. The van der Waals surface area contributed by atoms with Crippen LogP contribution in [0, 0.1) is 11.3 Å². The molecule has 0 spiro atoms. The molecule has 0 saturated heterocycles. The summed E-state index contributed by atoms with van der Waals surface area (Å²) in [6.45, 7) is 0. The minimum Gasteiger partial charge on any atom is -0.463 e. The Morgan fingerprint density at radius 2 is 2.13 bits per heavy atom. The Morgan fingerprint density at radius 1 is 1.33 bits per heavy atom. The predicted octanol–water partition coefficient (Wildman–Crippen LogP) is 2.33. The monoisotopic (exact) mass is 197 g/mol. The van der Waals surface area contributed by atoms with Crippen LogP contribution < -0.4 is 5.43 Å². The number of nitriles is 1. The molecule has 0 aliphatic rings. The Hall–Kier alpha value is -2.34. The van der Waals surface area contributed by atoms with Gasteiger partial charge < -0.3 is 4.42 Å². The molecule has 2 aromatic rings. The van der Waals surface area contributed by atoms with Crippen LogP contribution in [-0.2, 0) is 0 Å². The van der Waals surface area contributed by atoms with E-state index in [1.54, 1.807) is 24.3 Å². The molecule has 0 amide bonds. The molecule has 0 fully saturated rings. The zero-order valence-corrected chi connectivity index (χ0v) is 7.81. The largest absolute Gasteiger partial charge is 0.463 e. The highest BCUT2D eigenvalue weighted by atomic mass is 16.3. The number of benzene rings is 1. The minimum atomic E-state index is -0.122. The summed E-state index contributed by atoms with van der Waals surface area (Å²) in [5, 5.41) is 8.89. The zero-order chi connectivity index (χ0) is 10.7. The van der Waals surface area contributed by atoms with Crippen molar-refractivity contribution in [2.24, 2.45) is 0 Å². The lowest BCUT2D eigenvalue weighted by molar-refractivity contribution is 0.601. The summed E-state index contributed by atoms with van der Waals surface area (Å²) in [5.74, 6) is 0. The molecule has 0 atom stereocenters. The third-order valence-electron chi connectivity index (χ3n) is 2.04. The molecular weight excluding hydrogens is 190 g/mol. The van der Waals surface area contributed by atoms with Crippen molar-refractivity contribution in [3.63, 3.8) is 0 Å². The number of hydrogen-bond donors (Lipinski definition) is 0. The van der Waals surface area contributed by atoms with Gasteiger partial charge in [0.05, 0.1) is 17.0 Å². The second kappa shape index (κ2) is 3.81. The van der Waals surface area contributed by atoms with Gasteiger partial charge in [-0.15, -0.1) is 0 Å². The highest BCUT2D eigenvalue weighted by Gasteiger charge is 2.02. The van der Waals surface area contributed by atoms with Gasteiger partial charge >= 0.3 is 0 Å². The van der Waals surface area contributed by atoms with E-state index in [-0.39, 0.29) is 5.43 Å². The van der Waals surface area contributed by atoms with Crippen LogP contribution in [0.5, 0.6) is 0 Å². The maximum absolute atomic E-state index is 11.8. The third-order valence-corrected chi connectivity index (χ3v) is 2.04. The van der Waals surface area contributed by atoms with E-state index < -0.39 is 0 Å². The van der Waals surface area contributed by atoms with Gasteiger partial charge in [0.25, 0.3) is 0 Å². The molecule has 0 aliphatic heterocycles. The zero-order valence-electron chi connectivity index (χ0n) is 7.81. The van der Waals surface area contributed by atoms with Crippen LogP contribution in [0.1, 0.15) is 5.56 Å². The summed E-state index contributed by atoms with van der Waals surface area (Å²) in [7, 11) is 0. The van der Waals surface area contributed by atoms with Crippen LogP contribution >= 0.6 is 0 Å². The van der Waals surface area contributed by atoms with Crippen LogP contribution in [0.3, 0.4) is 0 Å². The van der Waals surface area contributed by atoms with Crippen molar-refractivity contribution in [3.8, 4) is 6.07 Å². The molecule has 0 N–H and O–H groups in total. The van der Waals surface area contributed by atoms with Gasteiger partial charge in [0.2, 0.25) is 0 Å². The fraction of sp³-hybridized carbons (Fsp3) is 0. The summed E-state index contributed by atoms with van der Waals surface area (Å²) < 4.78 is 5.26. The molecule has 0 bridgehead atoms. The number of nitrogens with zero attached hydrogens (tertiary/aromatic N) is 1. The molecule has 72 valence electrons. The molecule has 1 heterocycles. The Bertz CT molecular complexity index is 617. The minimum absolute atomic E-state index is 0.122. The molecule has 2 rings (SSSR count). The first-order chi connectivity index (χ1) is 7.33. The lowest BCUT2D eigenvalue weighted by atomic mass is 10.1. The maximum atomic E-state index is 11.8. The third kappa shape index (κ3) is 1.65. The Balaban J connectivity index is 2.72. The van der Waals surface area contributed by atoms with E-state index in [1.165, 1.54) is 18.4 Å². The lowest BCUT2D eigenvalue weighted by Crippen LogP contribution is -2.04. The van der Waals surface area contributed by atoms with Gasteiger partial charge in [-0.05, 0) is 18.2 Å². The van der Waals surface area contributed by atoms with E-state index >= 15 is 0 Å². The normalized spacial score (nSPS) is 10.6. The van der Waals surface area contributed by atoms with E-state index in [0.717, 1.165) is 0 Å². The van der Waals surface area contributed by atoms with Crippen LogP contribution in [-0.4, -0.2) is 0 Å². The summed E-state index contributed by atoms with van der Waals surface area (Å²) in [6, 6.07) is 8.84. The average molecular weight is 197 g/mol. The molecule has 0 unspecified atom stereocenters.